The normalized spacial score (nSPS) is 20.5. The van der Waals surface area contributed by atoms with Gasteiger partial charge < -0.3 is 14.9 Å². The van der Waals surface area contributed by atoms with Crippen LogP contribution in [-0.2, 0) is 19.6 Å². The maximum absolute atomic E-state index is 13.4. The Bertz CT molecular complexity index is 1090. The zero-order valence-corrected chi connectivity index (χ0v) is 16.7. The van der Waals surface area contributed by atoms with Gasteiger partial charge in [0, 0.05) is 35.1 Å². The van der Waals surface area contributed by atoms with Gasteiger partial charge in [-0.2, -0.15) is 0 Å². The van der Waals surface area contributed by atoms with E-state index < -0.39 is 10.5 Å². The predicted molar refractivity (Wildman–Crippen MR) is 104 cm³/mol. The molecule has 2 aromatic heterocycles. The van der Waals surface area contributed by atoms with Crippen LogP contribution in [0, 0.1) is 22.9 Å². The number of rotatable bonds is 4. The average molecular weight is 415 g/mol. The number of imidazole rings is 1. The third kappa shape index (κ3) is 3.18. The van der Waals surface area contributed by atoms with Gasteiger partial charge in [0.05, 0.1) is 12.2 Å². The van der Waals surface area contributed by atoms with Crippen LogP contribution in [0.2, 0.25) is 0 Å². The average Bonchev–Trinajstić information content (AvgIpc) is 3.33. The lowest BCUT2D eigenvalue weighted by molar-refractivity contribution is -0.389. The Morgan fingerprint density at radius 1 is 1.38 bits per heavy atom. The first kappa shape index (κ1) is 18.2. The molecular weight excluding hydrogens is 397 g/mol. The summed E-state index contributed by atoms with van der Waals surface area (Å²) in [7, 11) is 0. The van der Waals surface area contributed by atoms with Crippen LogP contribution in [0.3, 0.4) is 0 Å². The van der Waals surface area contributed by atoms with E-state index in [-0.39, 0.29) is 11.6 Å². The Labute approximate surface area is 169 Å². The molecule has 1 atom stereocenters. The van der Waals surface area contributed by atoms with Gasteiger partial charge >= 0.3 is 11.8 Å². The summed E-state index contributed by atoms with van der Waals surface area (Å²) in [6, 6.07) is 5.07. The highest BCUT2D eigenvalue weighted by Crippen LogP contribution is 2.37. The fraction of sp³-hybridized carbons (Fsp3) is 0.368. The second-order valence-corrected chi connectivity index (χ2v) is 8.90. The van der Waals surface area contributed by atoms with E-state index in [9.17, 15) is 14.5 Å². The van der Waals surface area contributed by atoms with Crippen LogP contribution in [-0.4, -0.2) is 36.5 Å². The van der Waals surface area contributed by atoms with Gasteiger partial charge in [0.15, 0.2) is 0 Å². The quantitative estimate of drug-likeness (QED) is 0.479. The fourth-order valence-electron chi connectivity index (χ4n) is 4.03. The Hall–Kier alpha value is -2.85. The monoisotopic (exact) mass is 415 g/mol. The molecule has 29 heavy (non-hydrogen) atoms. The Balaban J connectivity index is 1.27. The summed E-state index contributed by atoms with van der Waals surface area (Å²) >= 11 is 1.64. The molecule has 0 radical (unpaired) electrons. The number of aryl methyl sites for hydroxylation is 1. The molecular formula is C19H18FN5O3S. The van der Waals surface area contributed by atoms with Crippen LogP contribution in [0.5, 0.6) is 6.01 Å². The lowest BCUT2D eigenvalue weighted by Crippen LogP contribution is -2.43. The summed E-state index contributed by atoms with van der Waals surface area (Å²) < 4.78 is 21.0. The molecule has 150 valence electrons. The summed E-state index contributed by atoms with van der Waals surface area (Å²) in [6.07, 6.45) is 1.42. The van der Waals surface area contributed by atoms with Crippen molar-refractivity contribution in [2.24, 2.45) is 0 Å². The third-order valence-corrected chi connectivity index (χ3v) is 6.37. The number of nitro groups is 1. The van der Waals surface area contributed by atoms with Crippen LogP contribution in [0.15, 0.2) is 24.4 Å². The van der Waals surface area contributed by atoms with Crippen LogP contribution in [0.4, 0.5) is 10.2 Å². The molecule has 0 saturated heterocycles. The van der Waals surface area contributed by atoms with Gasteiger partial charge in [0.2, 0.25) is 0 Å². The van der Waals surface area contributed by atoms with Crippen LogP contribution >= 0.6 is 11.3 Å². The third-order valence-electron chi connectivity index (χ3n) is 5.25. The topological polar surface area (TPSA) is 86.3 Å². The molecule has 4 heterocycles. The van der Waals surface area contributed by atoms with Gasteiger partial charge in [-0.05, 0) is 42.5 Å². The van der Waals surface area contributed by atoms with E-state index >= 15 is 0 Å². The second kappa shape index (κ2) is 6.33. The summed E-state index contributed by atoms with van der Waals surface area (Å²) in [5.41, 5.74) is 2.39. The fourth-order valence-corrected chi connectivity index (χ4v) is 5.24. The van der Waals surface area contributed by atoms with Crippen molar-refractivity contribution in [3.05, 3.63) is 56.5 Å². The van der Waals surface area contributed by atoms with Gasteiger partial charge in [-0.3, -0.25) is 9.47 Å². The Morgan fingerprint density at radius 2 is 2.21 bits per heavy atom. The summed E-state index contributed by atoms with van der Waals surface area (Å²) in [6.45, 7) is 6.55. The molecule has 8 nitrogen and oxygen atoms in total. The first-order valence-corrected chi connectivity index (χ1v) is 9.99. The Morgan fingerprint density at radius 3 is 2.90 bits per heavy atom. The highest BCUT2D eigenvalue weighted by Gasteiger charge is 2.42. The van der Waals surface area contributed by atoms with Crippen molar-refractivity contribution in [3.8, 4) is 16.6 Å². The number of thiazole rings is 1. The van der Waals surface area contributed by atoms with E-state index in [2.05, 4.69) is 9.88 Å². The van der Waals surface area contributed by atoms with E-state index in [1.54, 1.807) is 22.0 Å². The highest BCUT2D eigenvalue weighted by atomic mass is 32.1. The first-order chi connectivity index (χ1) is 13.8. The molecule has 0 aliphatic carbocycles. The zero-order chi connectivity index (χ0) is 20.3. The Kier molecular flexibility index (Phi) is 3.97. The summed E-state index contributed by atoms with van der Waals surface area (Å²) in [4.78, 5) is 22.5. The predicted octanol–water partition coefficient (Wildman–Crippen LogP) is 3.53. The SMILES string of the molecule is Cc1cc(F)ccc1-c1nc2c(s1)CN(CC1(C)Cn3cc([N+](=O)[O-])nc3O1)C2. The number of halogens is 1. The smallest absolute Gasteiger partial charge is 0.415 e. The van der Waals surface area contributed by atoms with Crippen LogP contribution < -0.4 is 4.74 Å². The minimum absolute atomic E-state index is 0.196. The van der Waals surface area contributed by atoms with Gasteiger partial charge in [-0.1, -0.05) is 0 Å². The van der Waals surface area contributed by atoms with Crippen molar-refractivity contribution in [3.63, 3.8) is 0 Å². The molecule has 0 amide bonds. The molecule has 5 rings (SSSR count). The summed E-state index contributed by atoms with van der Waals surface area (Å²) in [5, 5.41) is 11.8. The minimum Gasteiger partial charge on any atom is -0.436 e. The van der Waals surface area contributed by atoms with Gasteiger partial charge in [0.1, 0.15) is 22.6 Å². The molecule has 0 bridgehead atoms. The van der Waals surface area contributed by atoms with Crippen LogP contribution in [0.25, 0.3) is 10.6 Å². The maximum atomic E-state index is 13.4. The number of aromatic nitrogens is 3. The largest absolute Gasteiger partial charge is 0.436 e. The van der Waals surface area contributed by atoms with E-state index in [1.807, 2.05) is 13.8 Å². The van der Waals surface area contributed by atoms with Crippen LogP contribution in [0.1, 0.15) is 23.1 Å². The lowest BCUT2D eigenvalue weighted by Gasteiger charge is -2.27. The van der Waals surface area contributed by atoms with Gasteiger partial charge in [-0.15, -0.1) is 11.3 Å². The zero-order valence-electron chi connectivity index (χ0n) is 15.9. The molecule has 0 fully saturated rings. The minimum atomic E-state index is -0.517. The van der Waals surface area contributed by atoms with Gasteiger partial charge in [0.25, 0.3) is 0 Å². The van der Waals surface area contributed by atoms with Crippen molar-refractivity contribution in [2.45, 2.75) is 39.1 Å². The first-order valence-electron chi connectivity index (χ1n) is 9.18. The second-order valence-electron chi connectivity index (χ2n) is 7.81. The van der Waals surface area contributed by atoms with Crippen molar-refractivity contribution in [1.82, 2.24) is 19.4 Å². The molecule has 1 unspecified atom stereocenters. The number of benzene rings is 1. The van der Waals surface area contributed by atoms with Gasteiger partial charge in [-0.25, -0.2) is 9.37 Å². The molecule has 0 saturated carbocycles. The molecule has 1 aromatic carbocycles. The molecule has 2 aliphatic rings. The lowest BCUT2D eigenvalue weighted by atomic mass is 10.1. The number of nitrogens with zero attached hydrogens (tertiary/aromatic N) is 5. The number of hydrogen-bond donors (Lipinski definition) is 0. The van der Waals surface area contributed by atoms with E-state index in [4.69, 9.17) is 9.72 Å². The molecule has 2 aliphatic heterocycles. The number of ether oxygens (including phenoxy) is 1. The van der Waals surface area contributed by atoms with Crippen molar-refractivity contribution in [1.29, 1.82) is 0 Å². The van der Waals surface area contributed by atoms with E-state index in [0.717, 1.165) is 28.4 Å². The molecule has 0 spiro atoms. The van der Waals surface area contributed by atoms with E-state index in [1.165, 1.54) is 23.2 Å². The maximum Gasteiger partial charge on any atom is 0.415 e. The summed E-state index contributed by atoms with van der Waals surface area (Å²) in [5.74, 6) is -0.435. The molecule has 3 aromatic rings. The van der Waals surface area contributed by atoms with Crippen molar-refractivity contribution >= 4 is 17.2 Å². The molecule has 10 heteroatoms. The highest BCUT2D eigenvalue weighted by molar-refractivity contribution is 7.15. The van der Waals surface area contributed by atoms with Crippen molar-refractivity contribution in [2.75, 3.05) is 6.54 Å². The van der Waals surface area contributed by atoms with Crippen molar-refractivity contribution < 1.29 is 14.1 Å². The molecule has 0 N–H and O–H groups in total. The number of fused-ring (bicyclic) bond motifs is 2. The standard InChI is InChI=1S/C19H18FN5O3S/c1-11-5-12(20)3-4-13(11)17-21-14-6-23(7-15(14)29-17)9-19(2)10-24-8-16(25(26)27)22-18(24)28-19/h3-5,8H,6-7,9-10H2,1-2H3. The van der Waals surface area contributed by atoms with E-state index in [0.29, 0.717) is 25.6 Å². The number of hydrogen-bond acceptors (Lipinski definition) is 7.